The van der Waals surface area contributed by atoms with Crippen molar-refractivity contribution in [2.45, 2.75) is 38.4 Å². The van der Waals surface area contributed by atoms with Crippen LogP contribution < -0.4 is 11.1 Å². The molecule has 0 saturated heterocycles. The van der Waals surface area contributed by atoms with Crippen LogP contribution in [-0.4, -0.2) is 15.0 Å². The van der Waals surface area contributed by atoms with Crippen LogP contribution in [0.1, 0.15) is 43.3 Å². The Kier molecular flexibility index (Phi) is 3.23. The van der Waals surface area contributed by atoms with E-state index < -0.39 is 5.67 Å². The second kappa shape index (κ2) is 4.95. The fraction of sp³-hybridized carbons (Fsp3) is 0.400. The first-order valence-electron chi connectivity index (χ1n) is 6.99. The zero-order chi connectivity index (χ0) is 15.0. The van der Waals surface area contributed by atoms with E-state index in [4.69, 9.17) is 5.73 Å². The molecule has 1 aromatic carbocycles. The van der Waals surface area contributed by atoms with E-state index in [2.05, 4.69) is 32.4 Å². The number of nitrogens with zero attached hydrogens (tertiary/aromatic N) is 3. The van der Waals surface area contributed by atoms with Gasteiger partial charge in [0, 0.05) is 0 Å². The molecule has 1 aliphatic rings. The largest absolute Gasteiger partial charge is 0.368 e. The van der Waals surface area contributed by atoms with Gasteiger partial charge in [-0.1, -0.05) is 24.3 Å². The van der Waals surface area contributed by atoms with Gasteiger partial charge in [-0.3, -0.25) is 0 Å². The van der Waals surface area contributed by atoms with E-state index in [1.807, 2.05) is 12.1 Å². The smallest absolute Gasteiger partial charge is 0.228 e. The topological polar surface area (TPSA) is 76.7 Å². The van der Waals surface area contributed by atoms with Crippen molar-refractivity contribution in [2.75, 3.05) is 11.1 Å². The molecule has 21 heavy (non-hydrogen) atoms. The Labute approximate surface area is 122 Å². The van der Waals surface area contributed by atoms with Gasteiger partial charge in [-0.2, -0.15) is 15.0 Å². The lowest BCUT2D eigenvalue weighted by Gasteiger charge is -2.17. The minimum atomic E-state index is -1.65. The molecule has 1 atom stereocenters. The van der Waals surface area contributed by atoms with Crippen LogP contribution >= 0.6 is 0 Å². The molecular formula is C15H18FN5. The second-order valence-corrected chi connectivity index (χ2v) is 5.75. The molecule has 2 aromatic rings. The molecule has 1 aromatic heterocycles. The van der Waals surface area contributed by atoms with Gasteiger partial charge in [0.15, 0.2) is 11.5 Å². The minimum absolute atomic E-state index is 0.0273. The Balaban J connectivity index is 1.88. The van der Waals surface area contributed by atoms with Crippen molar-refractivity contribution < 1.29 is 4.39 Å². The number of aryl methyl sites for hydroxylation is 1. The van der Waals surface area contributed by atoms with Crippen molar-refractivity contribution in [1.29, 1.82) is 0 Å². The first-order valence-corrected chi connectivity index (χ1v) is 6.99. The normalized spacial score (nSPS) is 17.6. The molecule has 5 nitrogen and oxygen atoms in total. The first-order chi connectivity index (χ1) is 9.93. The number of hydrogen-bond acceptors (Lipinski definition) is 5. The molecule has 3 N–H and O–H groups in total. The molecule has 0 fully saturated rings. The summed E-state index contributed by atoms with van der Waals surface area (Å²) in [5.41, 5.74) is 6.56. The highest BCUT2D eigenvalue weighted by atomic mass is 19.1. The van der Waals surface area contributed by atoms with Crippen LogP contribution in [0.25, 0.3) is 0 Å². The molecule has 0 aliphatic heterocycles. The average Bonchev–Trinajstić information content (AvgIpc) is 2.81. The quantitative estimate of drug-likeness (QED) is 0.907. The highest BCUT2D eigenvalue weighted by Crippen LogP contribution is 2.33. The Bertz CT molecular complexity index is 665. The van der Waals surface area contributed by atoms with Gasteiger partial charge in [0.1, 0.15) is 0 Å². The number of nitrogen functional groups attached to an aromatic ring is 1. The summed E-state index contributed by atoms with van der Waals surface area (Å²) in [6, 6.07) is 8.38. The molecular weight excluding hydrogens is 269 g/mol. The van der Waals surface area contributed by atoms with E-state index in [1.165, 1.54) is 25.0 Å². The number of aromatic nitrogens is 3. The average molecular weight is 287 g/mol. The number of nitrogens with one attached hydrogen (secondary N) is 1. The number of nitrogens with two attached hydrogens (primary N) is 1. The predicted molar refractivity (Wildman–Crippen MR) is 79.5 cm³/mol. The minimum Gasteiger partial charge on any atom is -0.368 e. The molecule has 3 rings (SSSR count). The SMILES string of the molecule is CC(C)(F)c1nc(N)nc(N[C@@H]2CCc3ccccc32)n1. The maximum atomic E-state index is 14.0. The number of rotatable bonds is 3. The predicted octanol–water partition coefficient (Wildman–Crippen LogP) is 2.76. The van der Waals surface area contributed by atoms with Crippen molar-refractivity contribution in [1.82, 2.24) is 15.0 Å². The van der Waals surface area contributed by atoms with Crippen LogP contribution in [0.2, 0.25) is 0 Å². The number of anilines is 2. The fourth-order valence-corrected chi connectivity index (χ4v) is 2.59. The monoisotopic (exact) mass is 287 g/mol. The van der Waals surface area contributed by atoms with Crippen molar-refractivity contribution >= 4 is 11.9 Å². The van der Waals surface area contributed by atoms with E-state index in [9.17, 15) is 4.39 Å². The summed E-state index contributed by atoms with van der Waals surface area (Å²) in [6.07, 6.45) is 1.97. The Morgan fingerprint density at radius 2 is 2.00 bits per heavy atom. The lowest BCUT2D eigenvalue weighted by molar-refractivity contribution is 0.206. The lowest BCUT2D eigenvalue weighted by atomic mass is 10.1. The first kappa shape index (κ1) is 13.7. The molecule has 0 amide bonds. The number of fused-ring (bicyclic) bond motifs is 1. The standard InChI is InChI=1S/C15H18FN5/c1-15(2,16)12-19-13(17)21-14(20-12)18-11-8-7-9-5-3-4-6-10(9)11/h3-6,11H,7-8H2,1-2H3,(H3,17,18,19,20,21)/t11-/m1/s1. The third-order valence-corrected chi connectivity index (χ3v) is 3.62. The molecule has 1 aliphatic carbocycles. The highest BCUT2D eigenvalue weighted by molar-refractivity contribution is 5.42. The summed E-state index contributed by atoms with van der Waals surface area (Å²) in [6.45, 7) is 2.80. The molecule has 110 valence electrons. The van der Waals surface area contributed by atoms with E-state index in [0.29, 0.717) is 5.95 Å². The summed E-state index contributed by atoms with van der Waals surface area (Å²) < 4.78 is 14.0. The summed E-state index contributed by atoms with van der Waals surface area (Å²) in [7, 11) is 0. The maximum absolute atomic E-state index is 14.0. The fourth-order valence-electron chi connectivity index (χ4n) is 2.59. The number of benzene rings is 1. The van der Waals surface area contributed by atoms with Gasteiger partial charge in [0.05, 0.1) is 6.04 Å². The van der Waals surface area contributed by atoms with Crippen LogP contribution in [0, 0.1) is 0 Å². The zero-order valence-electron chi connectivity index (χ0n) is 12.1. The van der Waals surface area contributed by atoms with Crippen LogP contribution in [0.15, 0.2) is 24.3 Å². The lowest BCUT2D eigenvalue weighted by Crippen LogP contribution is -2.19. The van der Waals surface area contributed by atoms with Gasteiger partial charge in [-0.15, -0.1) is 0 Å². The van der Waals surface area contributed by atoms with Crippen molar-refractivity contribution in [3.05, 3.63) is 41.2 Å². The van der Waals surface area contributed by atoms with E-state index in [1.54, 1.807) is 0 Å². The van der Waals surface area contributed by atoms with Crippen LogP contribution in [0.4, 0.5) is 16.3 Å². The maximum Gasteiger partial charge on any atom is 0.228 e. The Morgan fingerprint density at radius 1 is 1.24 bits per heavy atom. The summed E-state index contributed by atoms with van der Waals surface area (Å²) in [5, 5.41) is 3.24. The van der Waals surface area contributed by atoms with E-state index in [0.717, 1.165) is 12.8 Å². The van der Waals surface area contributed by atoms with E-state index in [-0.39, 0.29) is 17.8 Å². The van der Waals surface area contributed by atoms with Crippen LogP contribution in [0.5, 0.6) is 0 Å². The number of hydrogen-bond donors (Lipinski definition) is 2. The van der Waals surface area contributed by atoms with Crippen molar-refractivity contribution in [3.8, 4) is 0 Å². The van der Waals surface area contributed by atoms with Crippen molar-refractivity contribution in [3.63, 3.8) is 0 Å². The highest BCUT2D eigenvalue weighted by Gasteiger charge is 2.26. The van der Waals surface area contributed by atoms with Gasteiger partial charge >= 0.3 is 0 Å². The molecule has 0 radical (unpaired) electrons. The van der Waals surface area contributed by atoms with Crippen molar-refractivity contribution in [2.24, 2.45) is 0 Å². The van der Waals surface area contributed by atoms with Crippen LogP contribution in [-0.2, 0) is 12.1 Å². The van der Waals surface area contributed by atoms with Gasteiger partial charge in [-0.05, 0) is 37.8 Å². The Hall–Kier alpha value is -2.24. The van der Waals surface area contributed by atoms with Crippen LogP contribution in [0.3, 0.4) is 0 Å². The molecule has 0 saturated carbocycles. The Morgan fingerprint density at radius 3 is 2.76 bits per heavy atom. The zero-order valence-corrected chi connectivity index (χ0v) is 12.1. The van der Waals surface area contributed by atoms with Gasteiger partial charge in [0.25, 0.3) is 0 Å². The van der Waals surface area contributed by atoms with Gasteiger partial charge in [0.2, 0.25) is 11.9 Å². The number of halogens is 1. The third-order valence-electron chi connectivity index (χ3n) is 3.62. The molecule has 1 heterocycles. The molecule has 0 spiro atoms. The summed E-state index contributed by atoms with van der Waals surface area (Å²) in [5.74, 6) is 0.396. The third kappa shape index (κ3) is 2.79. The second-order valence-electron chi connectivity index (χ2n) is 5.75. The number of alkyl halides is 1. The summed E-state index contributed by atoms with van der Waals surface area (Å²) >= 11 is 0. The molecule has 0 bridgehead atoms. The van der Waals surface area contributed by atoms with E-state index >= 15 is 0 Å². The molecule has 6 heteroatoms. The van der Waals surface area contributed by atoms with Gasteiger partial charge < -0.3 is 11.1 Å². The molecule has 0 unspecified atom stereocenters. The summed E-state index contributed by atoms with van der Waals surface area (Å²) in [4.78, 5) is 12.1. The van der Waals surface area contributed by atoms with Gasteiger partial charge in [-0.25, -0.2) is 4.39 Å².